The summed E-state index contributed by atoms with van der Waals surface area (Å²) < 4.78 is 5.17. The highest BCUT2D eigenvalue weighted by molar-refractivity contribution is 5.75. The van der Waals surface area contributed by atoms with Gasteiger partial charge in [0, 0.05) is 12.1 Å². The molecule has 0 saturated heterocycles. The van der Waals surface area contributed by atoms with Gasteiger partial charge in [0.15, 0.2) is 0 Å². The molecule has 0 radical (unpaired) electrons. The van der Waals surface area contributed by atoms with E-state index in [1.807, 2.05) is 25.1 Å². The van der Waals surface area contributed by atoms with Gasteiger partial charge in [-0.05, 0) is 19.1 Å². The van der Waals surface area contributed by atoms with E-state index in [0.717, 1.165) is 5.56 Å². The number of hydrogen-bond acceptors (Lipinski definition) is 4. The maximum atomic E-state index is 10.5. The molecular formula is C12H18N2O3. The highest BCUT2D eigenvalue weighted by Crippen LogP contribution is 2.25. The molecule has 0 bridgehead atoms. The first kappa shape index (κ1) is 13.5. The van der Waals surface area contributed by atoms with Crippen LogP contribution in [0.15, 0.2) is 18.2 Å². The number of aliphatic hydroxyl groups is 1. The number of nitrogens with one attached hydrogen (secondary N) is 1. The summed E-state index contributed by atoms with van der Waals surface area (Å²) in [5.41, 5.74) is 6.73. The Morgan fingerprint density at radius 2 is 2.29 bits per heavy atom. The maximum absolute atomic E-state index is 10.5. The molecule has 0 spiro atoms. The first-order valence-corrected chi connectivity index (χ1v) is 5.36. The number of hydrogen-bond donors (Lipinski definition) is 3. The molecule has 5 heteroatoms. The number of carbonyl (C=O) groups is 1. The Labute approximate surface area is 101 Å². The predicted octanol–water partition coefficient (Wildman–Crippen LogP) is 0.112. The predicted molar refractivity (Wildman–Crippen MR) is 64.8 cm³/mol. The summed E-state index contributed by atoms with van der Waals surface area (Å²) in [6, 6.07) is 5.57. The molecule has 0 aliphatic heterocycles. The van der Waals surface area contributed by atoms with Crippen molar-refractivity contribution >= 4 is 5.91 Å². The van der Waals surface area contributed by atoms with Crippen LogP contribution < -0.4 is 15.8 Å². The number of carbonyl (C=O) groups excluding carboxylic acids is 1. The second kappa shape index (κ2) is 6.22. The number of aliphatic hydroxyl groups excluding tert-OH is 1. The summed E-state index contributed by atoms with van der Waals surface area (Å²) in [4.78, 5) is 10.5. The molecule has 0 aromatic heterocycles. The van der Waals surface area contributed by atoms with E-state index in [9.17, 15) is 9.90 Å². The van der Waals surface area contributed by atoms with Gasteiger partial charge in [-0.25, -0.2) is 0 Å². The zero-order valence-electron chi connectivity index (χ0n) is 10.1. The molecule has 0 fully saturated rings. The molecule has 1 amide bonds. The number of nitrogens with two attached hydrogens (primary N) is 1. The first-order valence-electron chi connectivity index (χ1n) is 5.36. The summed E-state index contributed by atoms with van der Waals surface area (Å²) in [5.74, 6) is 0.178. The third kappa shape index (κ3) is 4.05. The molecule has 1 rings (SSSR count). The lowest BCUT2D eigenvalue weighted by Crippen LogP contribution is -2.31. The molecule has 0 heterocycles. The SMILES string of the molecule is COc1ccc(C)cc1C(O)CNCC(N)=O. The van der Waals surface area contributed by atoms with Crippen LogP contribution in [0, 0.1) is 6.92 Å². The van der Waals surface area contributed by atoms with Crippen LogP contribution in [0.4, 0.5) is 0 Å². The Balaban J connectivity index is 2.69. The summed E-state index contributed by atoms with van der Waals surface area (Å²) in [6.07, 6.45) is -0.732. The van der Waals surface area contributed by atoms with Crippen molar-refractivity contribution in [1.29, 1.82) is 0 Å². The van der Waals surface area contributed by atoms with Gasteiger partial charge in [-0.15, -0.1) is 0 Å². The van der Waals surface area contributed by atoms with Gasteiger partial charge in [-0.1, -0.05) is 11.6 Å². The molecular weight excluding hydrogens is 220 g/mol. The Bertz CT molecular complexity index is 393. The van der Waals surface area contributed by atoms with Gasteiger partial charge in [-0.3, -0.25) is 4.79 Å². The molecule has 1 aromatic rings. The van der Waals surface area contributed by atoms with Gasteiger partial charge >= 0.3 is 0 Å². The summed E-state index contributed by atoms with van der Waals surface area (Å²) in [7, 11) is 1.55. The smallest absolute Gasteiger partial charge is 0.231 e. The molecule has 1 aromatic carbocycles. The Kier molecular flexibility index (Phi) is 4.93. The number of aryl methyl sites for hydroxylation is 1. The van der Waals surface area contributed by atoms with Gasteiger partial charge in [-0.2, -0.15) is 0 Å². The van der Waals surface area contributed by atoms with Crippen molar-refractivity contribution in [3.05, 3.63) is 29.3 Å². The highest BCUT2D eigenvalue weighted by Gasteiger charge is 2.13. The third-order valence-electron chi connectivity index (χ3n) is 2.38. The fourth-order valence-corrected chi connectivity index (χ4v) is 1.56. The monoisotopic (exact) mass is 238 g/mol. The molecule has 1 unspecified atom stereocenters. The summed E-state index contributed by atoms with van der Waals surface area (Å²) >= 11 is 0. The average Bonchev–Trinajstić information content (AvgIpc) is 2.28. The van der Waals surface area contributed by atoms with Crippen molar-refractivity contribution in [1.82, 2.24) is 5.32 Å². The van der Waals surface area contributed by atoms with E-state index in [0.29, 0.717) is 11.3 Å². The molecule has 17 heavy (non-hydrogen) atoms. The van der Waals surface area contributed by atoms with Crippen LogP contribution in [-0.2, 0) is 4.79 Å². The van der Waals surface area contributed by atoms with Gasteiger partial charge in [0.25, 0.3) is 0 Å². The zero-order valence-corrected chi connectivity index (χ0v) is 10.1. The minimum absolute atomic E-state index is 0.0468. The van der Waals surface area contributed by atoms with Gasteiger partial charge in [0.1, 0.15) is 5.75 Å². The van der Waals surface area contributed by atoms with Crippen LogP contribution in [0.2, 0.25) is 0 Å². The number of amides is 1. The molecule has 0 aliphatic carbocycles. The van der Waals surface area contributed by atoms with Crippen molar-refractivity contribution in [3.63, 3.8) is 0 Å². The van der Waals surface area contributed by atoms with Crippen LogP contribution >= 0.6 is 0 Å². The minimum Gasteiger partial charge on any atom is -0.496 e. The lowest BCUT2D eigenvalue weighted by molar-refractivity contribution is -0.117. The Morgan fingerprint density at radius 3 is 2.88 bits per heavy atom. The average molecular weight is 238 g/mol. The fraction of sp³-hybridized carbons (Fsp3) is 0.417. The van der Waals surface area contributed by atoms with E-state index < -0.39 is 12.0 Å². The Morgan fingerprint density at radius 1 is 1.59 bits per heavy atom. The molecule has 5 nitrogen and oxygen atoms in total. The lowest BCUT2D eigenvalue weighted by atomic mass is 10.1. The zero-order chi connectivity index (χ0) is 12.8. The van der Waals surface area contributed by atoms with Crippen LogP contribution in [0.25, 0.3) is 0 Å². The van der Waals surface area contributed by atoms with Crippen LogP contribution in [0.3, 0.4) is 0 Å². The summed E-state index contributed by atoms with van der Waals surface area (Å²) in [6.45, 7) is 2.24. The van der Waals surface area contributed by atoms with Crippen molar-refractivity contribution in [2.45, 2.75) is 13.0 Å². The van der Waals surface area contributed by atoms with Crippen LogP contribution in [-0.4, -0.2) is 31.2 Å². The van der Waals surface area contributed by atoms with Crippen molar-refractivity contribution < 1.29 is 14.6 Å². The number of primary amides is 1. The molecule has 0 saturated carbocycles. The van der Waals surface area contributed by atoms with Crippen molar-refractivity contribution in [2.75, 3.05) is 20.2 Å². The Hall–Kier alpha value is -1.59. The number of benzene rings is 1. The van der Waals surface area contributed by atoms with E-state index in [2.05, 4.69) is 5.32 Å². The van der Waals surface area contributed by atoms with Crippen LogP contribution in [0.5, 0.6) is 5.75 Å². The van der Waals surface area contributed by atoms with Gasteiger partial charge in [0.2, 0.25) is 5.91 Å². The van der Waals surface area contributed by atoms with E-state index in [4.69, 9.17) is 10.5 Å². The molecule has 94 valence electrons. The molecule has 4 N–H and O–H groups in total. The first-order chi connectivity index (χ1) is 8.04. The van der Waals surface area contributed by atoms with Gasteiger partial charge < -0.3 is 20.9 Å². The minimum atomic E-state index is -0.732. The highest BCUT2D eigenvalue weighted by atomic mass is 16.5. The normalized spacial score (nSPS) is 12.2. The molecule has 1 atom stereocenters. The van der Waals surface area contributed by atoms with Crippen molar-refractivity contribution in [3.8, 4) is 5.75 Å². The van der Waals surface area contributed by atoms with Crippen LogP contribution in [0.1, 0.15) is 17.2 Å². The number of ether oxygens (including phenoxy) is 1. The third-order valence-corrected chi connectivity index (χ3v) is 2.38. The summed E-state index contributed by atoms with van der Waals surface area (Å²) in [5, 5.41) is 12.7. The number of methoxy groups -OCH3 is 1. The second-order valence-electron chi connectivity index (χ2n) is 3.86. The second-order valence-corrected chi connectivity index (χ2v) is 3.86. The van der Waals surface area contributed by atoms with E-state index >= 15 is 0 Å². The van der Waals surface area contributed by atoms with E-state index in [1.54, 1.807) is 7.11 Å². The molecule has 0 aliphatic rings. The standard InChI is InChI=1S/C12H18N2O3/c1-8-3-4-11(17-2)9(5-8)10(15)6-14-7-12(13)16/h3-5,10,14-15H,6-7H2,1-2H3,(H2,13,16). The topological polar surface area (TPSA) is 84.6 Å². The maximum Gasteiger partial charge on any atom is 0.231 e. The largest absolute Gasteiger partial charge is 0.496 e. The van der Waals surface area contributed by atoms with Crippen molar-refractivity contribution in [2.24, 2.45) is 5.73 Å². The number of rotatable bonds is 6. The van der Waals surface area contributed by atoms with E-state index in [1.165, 1.54) is 0 Å². The lowest BCUT2D eigenvalue weighted by Gasteiger charge is -2.15. The van der Waals surface area contributed by atoms with E-state index in [-0.39, 0.29) is 13.1 Å². The fourth-order valence-electron chi connectivity index (χ4n) is 1.56. The quantitative estimate of drug-likeness (QED) is 0.657. The van der Waals surface area contributed by atoms with Gasteiger partial charge in [0.05, 0.1) is 19.8 Å².